The van der Waals surface area contributed by atoms with E-state index in [-0.39, 0.29) is 41.9 Å². The first-order chi connectivity index (χ1) is 11.5. The second kappa shape index (κ2) is 10.9. The number of aliphatic imine (C=N–C) groups is 1. The Balaban J connectivity index is 0.00000312. The maximum absolute atomic E-state index is 12.1. The molecule has 0 aromatic carbocycles. The molecule has 2 unspecified atom stereocenters. The second-order valence-electron chi connectivity index (χ2n) is 6.85. The van der Waals surface area contributed by atoms with Gasteiger partial charge in [0.05, 0.1) is 11.9 Å². The molecule has 7 nitrogen and oxygen atoms in total. The van der Waals surface area contributed by atoms with Crippen LogP contribution in [0.25, 0.3) is 0 Å². The second-order valence-corrected chi connectivity index (χ2v) is 8.93. The number of guanidine groups is 1. The molecule has 2 rings (SSSR count). The molecule has 0 aromatic heterocycles. The fourth-order valence-corrected chi connectivity index (χ4v) is 5.08. The summed E-state index contributed by atoms with van der Waals surface area (Å²) in [6.07, 6.45) is 5.06. The molecule has 0 spiro atoms. The number of hydrogen-bond acceptors (Lipinski definition) is 4. The molecule has 1 saturated heterocycles. The highest BCUT2D eigenvalue weighted by Gasteiger charge is 2.28. The third-order valence-corrected chi connectivity index (χ3v) is 7.10. The highest BCUT2D eigenvalue weighted by atomic mass is 127. The summed E-state index contributed by atoms with van der Waals surface area (Å²) in [6, 6.07) is 0.234. The number of aliphatic hydroxyl groups excluding tert-OH is 1. The van der Waals surface area contributed by atoms with Crippen LogP contribution in [-0.2, 0) is 10.0 Å². The summed E-state index contributed by atoms with van der Waals surface area (Å²) in [5, 5.41) is 16.6. The molecule has 9 heteroatoms. The van der Waals surface area contributed by atoms with Crippen molar-refractivity contribution in [1.29, 1.82) is 0 Å². The summed E-state index contributed by atoms with van der Waals surface area (Å²) >= 11 is 0. The maximum atomic E-state index is 12.1. The quantitative estimate of drug-likeness (QED) is 0.296. The molecule has 25 heavy (non-hydrogen) atoms. The van der Waals surface area contributed by atoms with E-state index in [2.05, 4.69) is 15.6 Å². The van der Waals surface area contributed by atoms with Crippen molar-refractivity contribution in [3.63, 3.8) is 0 Å². The zero-order valence-corrected chi connectivity index (χ0v) is 18.4. The van der Waals surface area contributed by atoms with E-state index < -0.39 is 10.0 Å². The van der Waals surface area contributed by atoms with Gasteiger partial charge in [-0.3, -0.25) is 4.99 Å². The first kappa shape index (κ1) is 22.9. The third-order valence-electron chi connectivity index (χ3n) is 5.02. The topological polar surface area (TPSA) is 94.0 Å². The molecule has 148 valence electrons. The van der Waals surface area contributed by atoms with Crippen molar-refractivity contribution in [3.8, 4) is 0 Å². The Morgan fingerprint density at radius 3 is 2.44 bits per heavy atom. The van der Waals surface area contributed by atoms with E-state index in [1.807, 2.05) is 6.92 Å². The molecule has 3 N–H and O–H groups in total. The molecular weight excluding hydrogens is 455 g/mol. The molecule has 2 fully saturated rings. The van der Waals surface area contributed by atoms with Gasteiger partial charge in [0.15, 0.2) is 5.96 Å². The molecule has 1 aliphatic heterocycles. The van der Waals surface area contributed by atoms with Gasteiger partial charge in [0, 0.05) is 38.6 Å². The summed E-state index contributed by atoms with van der Waals surface area (Å²) in [4.78, 5) is 4.25. The van der Waals surface area contributed by atoms with Crippen LogP contribution in [0, 0.1) is 5.92 Å². The number of nitrogens with zero attached hydrogens (tertiary/aromatic N) is 2. The van der Waals surface area contributed by atoms with E-state index in [9.17, 15) is 13.5 Å². The molecule has 1 aliphatic carbocycles. The monoisotopic (exact) mass is 488 g/mol. The SMILES string of the molecule is CCCS(=O)(=O)N1CCC(NC(=NC)NCC2CCCC2O)CC1.I. The van der Waals surface area contributed by atoms with E-state index >= 15 is 0 Å². The zero-order valence-electron chi connectivity index (χ0n) is 15.3. The summed E-state index contributed by atoms with van der Waals surface area (Å²) in [5.41, 5.74) is 0. The number of piperidine rings is 1. The van der Waals surface area contributed by atoms with Gasteiger partial charge in [-0.05, 0) is 32.1 Å². The van der Waals surface area contributed by atoms with Gasteiger partial charge in [0.2, 0.25) is 10.0 Å². The number of halogens is 1. The lowest BCUT2D eigenvalue weighted by molar-refractivity contribution is 0.134. The highest BCUT2D eigenvalue weighted by molar-refractivity contribution is 14.0. The van der Waals surface area contributed by atoms with Crippen LogP contribution in [-0.4, -0.2) is 68.4 Å². The van der Waals surface area contributed by atoms with E-state index in [0.29, 0.717) is 25.4 Å². The summed E-state index contributed by atoms with van der Waals surface area (Å²) in [5.74, 6) is 1.27. The van der Waals surface area contributed by atoms with Crippen molar-refractivity contribution in [3.05, 3.63) is 0 Å². The first-order valence-corrected chi connectivity index (χ1v) is 10.7. The molecule has 0 bridgehead atoms. The Morgan fingerprint density at radius 1 is 1.24 bits per heavy atom. The average molecular weight is 488 g/mol. The van der Waals surface area contributed by atoms with Crippen molar-refractivity contribution in [2.75, 3.05) is 32.4 Å². The van der Waals surface area contributed by atoms with Crippen molar-refractivity contribution in [1.82, 2.24) is 14.9 Å². The zero-order chi connectivity index (χ0) is 17.6. The molecule has 2 atom stereocenters. The van der Waals surface area contributed by atoms with E-state index in [0.717, 1.165) is 44.6 Å². The summed E-state index contributed by atoms with van der Waals surface area (Å²) in [7, 11) is -1.35. The van der Waals surface area contributed by atoms with Crippen molar-refractivity contribution in [2.24, 2.45) is 10.9 Å². The van der Waals surface area contributed by atoms with Crippen molar-refractivity contribution >= 4 is 40.0 Å². The smallest absolute Gasteiger partial charge is 0.214 e. The van der Waals surface area contributed by atoms with Gasteiger partial charge >= 0.3 is 0 Å². The highest BCUT2D eigenvalue weighted by Crippen LogP contribution is 2.24. The first-order valence-electron chi connectivity index (χ1n) is 9.09. The van der Waals surface area contributed by atoms with Crippen LogP contribution in [0.1, 0.15) is 45.4 Å². The van der Waals surface area contributed by atoms with Crippen LogP contribution in [0.2, 0.25) is 0 Å². The Bertz CT molecular complexity index is 521. The van der Waals surface area contributed by atoms with Gasteiger partial charge in [-0.2, -0.15) is 0 Å². The molecule has 0 amide bonds. The van der Waals surface area contributed by atoms with Crippen LogP contribution in [0.3, 0.4) is 0 Å². The van der Waals surface area contributed by atoms with Gasteiger partial charge in [-0.1, -0.05) is 13.3 Å². The summed E-state index contributed by atoms with van der Waals surface area (Å²) in [6.45, 7) is 3.75. The summed E-state index contributed by atoms with van der Waals surface area (Å²) < 4.78 is 25.8. The predicted octanol–water partition coefficient (Wildman–Crippen LogP) is 1.13. The Kier molecular flexibility index (Phi) is 9.97. The number of hydrogen-bond donors (Lipinski definition) is 3. The minimum absolute atomic E-state index is 0. The largest absolute Gasteiger partial charge is 0.393 e. The predicted molar refractivity (Wildman–Crippen MR) is 112 cm³/mol. The standard InChI is InChI=1S/C16H32N4O3S.HI/c1-3-11-24(22,23)20-9-7-14(8-10-20)19-16(17-2)18-12-13-5-4-6-15(13)21;/h13-15,21H,3-12H2,1-2H3,(H2,17,18,19);1H. The molecule has 2 aliphatic rings. The van der Waals surface area contributed by atoms with Gasteiger partial charge in [0.25, 0.3) is 0 Å². The van der Waals surface area contributed by atoms with Gasteiger partial charge in [-0.25, -0.2) is 12.7 Å². The van der Waals surface area contributed by atoms with E-state index in [4.69, 9.17) is 0 Å². The van der Waals surface area contributed by atoms with Crippen LogP contribution < -0.4 is 10.6 Å². The fourth-order valence-electron chi connectivity index (χ4n) is 3.54. The van der Waals surface area contributed by atoms with Crippen LogP contribution >= 0.6 is 24.0 Å². The Morgan fingerprint density at radius 2 is 1.92 bits per heavy atom. The lowest BCUT2D eigenvalue weighted by atomic mass is 10.1. The van der Waals surface area contributed by atoms with Gasteiger partial charge < -0.3 is 15.7 Å². The van der Waals surface area contributed by atoms with Gasteiger partial charge in [0.1, 0.15) is 0 Å². The Hall–Kier alpha value is -0.130. The fraction of sp³-hybridized carbons (Fsp3) is 0.938. The van der Waals surface area contributed by atoms with Crippen LogP contribution in [0.15, 0.2) is 4.99 Å². The molecule has 1 heterocycles. The molecule has 0 aromatic rings. The van der Waals surface area contributed by atoms with E-state index in [1.165, 1.54) is 0 Å². The number of nitrogens with one attached hydrogen (secondary N) is 2. The van der Waals surface area contributed by atoms with Crippen LogP contribution in [0.4, 0.5) is 0 Å². The van der Waals surface area contributed by atoms with Crippen molar-refractivity contribution in [2.45, 2.75) is 57.6 Å². The molecular formula is C16H33IN4O3S. The number of aliphatic hydroxyl groups is 1. The normalized spacial score (nSPS) is 26.3. The Labute approximate surface area is 169 Å². The number of rotatable bonds is 6. The lowest BCUT2D eigenvalue weighted by Gasteiger charge is -2.32. The molecule has 0 radical (unpaired) electrons. The maximum Gasteiger partial charge on any atom is 0.214 e. The van der Waals surface area contributed by atoms with Crippen LogP contribution in [0.5, 0.6) is 0 Å². The van der Waals surface area contributed by atoms with Crippen molar-refractivity contribution < 1.29 is 13.5 Å². The minimum atomic E-state index is -3.09. The number of sulfonamides is 1. The van der Waals surface area contributed by atoms with Gasteiger partial charge in [-0.15, -0.1) is 24.0 Å². The average Bonchev–Trinajstić information content (AvgIpc) is 2.97. The minimum Gasteiger partial charge on any atom is -0.393 e. The molecule has 1 saturated carbocycles. The van der Waals surface area contributed by atoms with E-state index in [1.54, 1.807) is 11.4 Å². The lowest BCUT2D eigenvalue weighted by Crippen LogP contribution is -2.50. The third kappa shape index (κ3) is 6.84.